The van der Waals surface area contributed by atoms with Gasteiger partial charge >= 0.3 is 5.97 Å². The number of hydrogen-bond donors (Lipinski definition) is 2. The second-order valence-corrected chi connectivity index (χ2v) is 3.40. The monoisotopic (exact) mass is 242 g/mol. The Morgan fingerprint density at radius 2 is 2.24 bits per heavy atom. The van der Waals surface area contributed by atoms with Gasteiger partial charge in [-0.15, -0.1) is 0 Å². The van der Waals surface area contributed by atoms with Crippen LogP contribution < -0.4 is 10.2 Å². The molecule has 0 amide bonds. The van der Waals surface area contributed by atoms with E-state index in [1.807, 2.05) is 6.92 Å². The van der Waals surface area contributed by atoms with Crippen LogP contribution in [0.1, 0.15) is 36.1 Å². The molecule has 1 aromatic heterocycles. The number of rotatable bonds is 6. The highest BCUT2D eigenvalue weighted by Gasteiger charge is 2.19. The van der Waals surface area contributed by atoms with Crippen LogP contribution in [0.25, 0.3) is 0 Å². The molecule has 0 aliphatic heterocycles. The summed E-state index contributed by atoms with van der Waals surface area (Å²) < 4.78 is 9.96. The summed E-state index contributed by atoms with van der Waals surface area (Å²) in [5.74, 6) is -2.39. The molecule has 1 aromatic rings. The van der Waals surface area contributed by atoms with Crippen molar-refractivity contribution in [2.75, 3.05) is 6.61 Å². The largest absolute Gasteiger partial charge is 0.486 e. The summed E-state index contributed by atoms with van der Waals surface area (Å²) in [5, 5.41) is 17.7. The van der Waals surface area contributed by atoms with Crippen LogP contribution in [0.15, 0.2) is 15.3 Å². The molecule has 0 spiro atoms. The molecular weight excluding hydrogens is 228 g/mol. The van der Waals surface area contributed by atoms with Crippen LogP contribution in [-0.2, 0) is 6.61 Å². The number of ether oxygens (including phenoxy) is 1. The van der Waals surface area contributed by atoms with Crippen LogP contribution in [0.2, 0.25) is 0 Å². The molecule has 0 unspecified atom stereocenters. The molecule has 0 saturated carbocycles. The zero-order chi connectivity index (χ0) is 12.8. The fraction of sp³-hybridized carbons (Fsp3) is 0.455. The number of aromatic carboxylic acids is 1. The van der Waals surface area contributed by atoms with Crippen LogP contribution in [0.3, 0.4) is 0 Å². The van der Waals surface area contributed by atoms with E-state index in [1.165, 1.54) is 0 Å². The molecule has 0 aromatic carbocycles. The molecular formula is C11H14O6. The lowest BCUT2D eigenvalue weighted by Crippen LogP contribution is -2.15. The topological polar surface area (TPSA) is 97.0 Å². The van der Waals surface area contributed by atoms with Crippen molar-refractivity contribution >= 4 is 5.97 Å². The molecule has 17 heavy (non-hydrogen) atoms. The number of unbranched alkanes of at least 4 members (excludes halogenated alkanes) is 1. The maximum atomic E-state index is 11.6. The van der Waals surface area contributed by atoms with E-state index in [0.717, 1.165) is 12.5 Å². The fourth-order valence-electron chi connectivity index (χ4n) is 1.20. The number of carboxylic acid groups (broad SMARTS) is 1. The van der Waals surface area contributed by atoms with Crippen molar-refractivity contribution in [2.24, 2.45) is 0 Å². The van der Waals surface area contributed by atoms with Crippen molar-refractivity contribution in [3.63, 3.8) is 0 Å². The van der Waals surface area contributed by atoms with Crippen molar-refractivity contribution in [1.82, 2.24) is 0 Å². The van der Waals surface area contributed by atoms with Gasteiger partial charge in [0.25, 0.3) is 5.76 Å². The van der Waals surface area contributed by atoms with E-state index in [4.69, 9.17) is 19.4 Å². The predicted octanol–water partition coefficient (Wildman–Crippen LogP) is 1.01. The number of aliphatic hydroxyl groups excluding tert-OH is 1. The molecule has 6 heteroatoms. The minimum atomic E-state index is -1.40. The van der Waals surface area contributed by atoms with E-state index in [2.05, 4.69) is 0 Å². The first-order valence-electron chi connectivity index (χ1n) is 5.24. The second kappa shape index (κ2) is 6.05. The summed E-state index contributed by atoms with van der Waals surface area (Å²) in [7, 11) is 0. The standard InChI is InChI=1S/C11H14O6/c1-2-3-4-16-9-8(13)5-7(6-12)17-10(9)11(14)15/h5,12H,2-4,6H2,1H3,(H,14,15). The third kappa shape index (κ3) is 3.32. The van der Waals surface area contributed by atoms with Gasteiger partial charge in [0.2, 0.25) is 11.2 Å². The van der Waals surface area contributed by atoms with Crippen LogP contribution in [0.5, 0.6) is 5.75 Å². The Balaban J connectivity index is 3.09. The second-order valence-electron chi connectivity index (χ2n) is 3.40. The number of carboxylic acids is 1. The molecule has 0 radical (unpaired) electrons. The Kier molecular flexibility index (Phi) is 4.71. The van der Waals surface area contributed by atoms with Gasteiger partial charge in [0.05, 0.1) is 6.61 Å². The smallest absolute Gasteiger partial charge is 0.375 e. The van der Waals surface area contributed by atoms with Gasteiger partial charge in [-0.25, -0.2) is 4.79 Å². The van der Waals surface area contributed by atoms with Crippen LogP contribution in [0, 0.1) is 0 Å². The molecule has 0 aliphatic carbocycles. The highest BCUT2D eigenvalue weighted by molar-refractivity contribution is 5.87. The summed E-state index contributed by atoms with van der Waals surface area (Å²) in [4.78, 5) is 22.4. The Hall–Kier alpha value is -1.82. The lowest BCUT2D eigenvalue weighted by molar-refractivity contribution is 0.0644. The summed E-state index contributed by atoms with van der Waals surface area (Å²) >= 11 is 0. The van der Waals surface area contributed by atoms with Gasteiger partial charge < -0.3 is 19.4 Å². The zero-order valence-corrected chi connectivity index (χ0v) is 9.43. The normalized spacial score (nSPS) is 10.2. The summed E-state index contributed by atoms with van der Waals surface area (Å²) in [6, 6.07) is 1.02. The highest BCUT2D eigenvalue weighted by Crippen LogP contribution is 2.16. The van der Waals surface area contributed by atoms with Gasteiger partial charge in [0.1, 0.15) is 12.4 Å². The van der Waals surface area contributed by atoms with Gasteiger partial charge in [0.15, 0.2) is 0 Å². The average molecular weight is 242 g/mol. The Bertz CT molecular complexity index is 448. The molecule has 1 rings (SSSR count). The van der Waals surface area contributed by atoms with Gasteiger partial charge in [-0.3, -0.25) is 4.79 Å². The molecule has 1 heterocycles. The van der Waals surface area contributed by atoms with Crippen LogP contribution >= 0.6 is 0 Å². The molecule has 94 valence electrons. The maximum absolute atomic E-state index is 11.6. The van der Waals surface area contributed by atoms with E-state index in [1.54, 1.807) is 0 Å². The Labute approximate surface area is 97.5 Å². The van der Waals surface area contributed by atoms with Gasteiger partial charge in [-0.2, -0.15) is 0 Å². The number of aliphatic hydroxyl groups is 1. The predicted molar refractivity (Wildman–Crippen MR) is 58.3 cm³/mol. The average Bonchev–Trinajstić information content (AvgIpc) is 2.30. The minimum Gasteiger partial charge on any atom is -0.486 e. The first-order valence-corrected chi connectivity index (χ1v) is 5.24. The number of carbonyl (C=O) groups is 1. The van der Waals surface area contributed by atoms with E-state index < -0.39 is 23.8 Å². The van der Waals surface area contributed by atoms with E-state index in [-0.39, 0.29) is 18.1 Å². The molecule has 0 aliphatic rings. The van der Waals surface area contributed by atoms with Crippen LogP contribution in [-0.4, -0.2) is 22.8 Å². The van der Waals surface area contributed by atoms with Crippen molar-refractivity contribution in [2.45, 2.75) is 26.4 Å². The summed E-state index contributed by atoms with van der Waals surface area (Å²) in [6.07, 6.45) is 1.57. The SMILES string of the molecule is CCCCOc1c(C(=O)O)oc(CO)cc1=O. The lowest BCUT2D eigenvalue weighted by Gasteiger charge is -2.07. The molecule has 0 saturated heterocycles. The lowest BCUT2D eigenvalue weighted by atomic mass is 10.3. The molecule has 2 N–H and O–H groups in total. The minimum absolute atomic E-state index is 0.102. The van der Waals surface area contributed by atoms with E-state index in [0.29, 0.717) is 6.42 Å². The van der Waals surface area contributed by atoms with Gasteiger partial charge in [0, 0.05) is 6.07 Å². The first-order chi connectivity index (χ1) is 8.10. The molecule has 0 fully saturated rings. The van der Waals surface area contributed by atoms with E-state index in [9.17, 15) is 9.59 Å². The fourth-order valence-corrected chi connectivity index (χ4v) is 1.20. The summed E-state index contributed by atoms with van der Waals surface area (Å²) in [5.41, 5.74) is -0.603. The van der Waals surface area contributed by atoms with Gasteiger partial charge in [-0.05, 0) is 6.42 Å². The van der Waals surface area contributed by atoms with Gasteiger partial charge in [-0.1, -0.05) is 13.3 Å². The Morgan fingerprint density at radius 1 is 1.53 bits per heavy atom. The maximum Gasteiger partial charge on any atom is 0.375 e. The molecule has 6 nitrogen and oxygen atoms in total. The zero-order valence-electron chi connectivity index (χ0n) is 9.43. The highest BCUT2D eigenvalue weighted by atomic mass is 16.5. The quantitative estimate of drug-likeness (QED) is 0.722. The molecule has 0 atom stereocenters. The van der Waals surface area contributed by atoms with Crippen molar-refractivity contribution < 1.29 is 24.2 Å². The first kappa shape index (κ1) is 13.2. The van der Waals surface area contributed by atoms with Crippen molar-refractivity contribution in [3.8, 4) is 5.75 Å². The van der Waals surface area contributed by atoms with Crippen molar-refractivity contribution in [1.29, 1.82) is 0 Å². The Morgan fingerprint density at radius 3 is 2.76 bits per heavy atom. The molecule has 0 bridgehead atoms. The summed E-state index contributed by atoms with van der Waals surface area (Å²) in [6.45, 7) is 1.66. The van der Waals surface area contributed by atoms with Crippen LogP contribution in [0.4, 0.5) is 0 Å². The van der Waals surface area contributed by atoms with Crippen molar-refractivity contribution in [3.05, 3.63) is 27.8 Å². The number of hydrogen-bond acceptors (Lipinski definition) is 5. The van der Waals surface area contributed by atoms with E-state index >= 15 is 0 Å². The third-order valence-corrected chi connectivity index (χ3v) is 2.05. The third-order valence-electron chi connectivity index (χ3n) is 2.05.